The lowest BCUT2D eigenvalue weighted by molar-refractivity contribution is -0.137. The number of hydrogen-bond acceptors (Lipinski definition) is 8. The first-order chi connectivity index (χ1) is 24.5. The molecule has 1 aliphatic carbocycles. The zero-order valence-corrected chi connectivity index (χ0v) is 32.6. The van der Waals surface area contributed by atoms with Gasteiger partial charge in [-0.1, -0.05) is 50.1 Å². The van der Waals surface area contributed by atoms with Crippen molar-refractivity contribution < 1.29 is 28.7 Å². The molecule has 0 spiro atoms. The van der Waals surface area contributed by atoms with Crippen molar-refractivity contribution in [2.75, 3.05) is 71.6 Å². The Morgan fingerprint density at radius 3 is 2.57 bits per heavy atom. The van der Waals surface area contributed by atoms with Crippen LogP contribution in [0.15, 0.2) is 48.6 Å². The SMILES string of the molecule is CCCc1cc(Cl)ccc1C1COc2ccc(C=O)cc2N(CC2CCC2C(/C=C/CC(C)C(C)S(=O)NC)(CN2CC(CO)(CO)C2)OC)C1. The van der Waals surface area contributed by atoms with E-state index in [1.807, 2.05) is 31.2 Å². The van der Waals surface area contributed by atoms with Gasteiger partial charge >= 0.3 is 0 Å². The quantitative estimate of drug-likeness (QED) is 0.133. The summed E-state index contributed by atoms with van der Waals surface area (Å²) in [4.78, 5) is 16.7. The number of nitrogens with zero attached hydrogens (tertiary/aromatic N) is 2. The maximum Gasteiger partial charge on any atom is 0.150 e. The second kappa shape index (κ2) is 17.7. The van der Waals surface area contributed by atoms with E-state index in [-0.39, 0.29) is 36.2 Å². The number of aliphatic hydroxyl groups excluding tert-OH is 2. The van der Waals surface area contributed by atoms with Crippen molar-refractivity contribution in [1.29, 1.82) is 0 Å². The van der Waals surface area contributed by atoms with Gasteiger partial charge in [-0.3, -0.25) is 9.69 Å². The molecule has 7 atom stereocenters. The molecule has 2 fully saturated rings. The Hall–Kier alpha value is -2.31. The Kier molecular flexibility index (Phi) is 13.8. The number of methoxy groups -OCH3 is 1. The number of allylic oxidation sites excluding steroid dienone is 1. The van der Waals surface area contributed by atoms with Crippen molar-refractivity contribution >= 4 is 34.6 Å². The number of aldehydes is 1. The topological polar surface area (TPSA) is 112 Å². The van der Waals surface area contributed by atoms with E-state index in [2.05, 4.69) is 52.7 Å². The standard InChI is InChI=1S/C40H58ClN3O6S/c1-6-8-31-18-34(41)12-13-35(31)33-20-44(37-17-30(21-45)10-15-38(37)50-22-33)19-32-11-14-36(32)40(49-5,25-43-23-39(24-43,26-46)27-47)16-7-9-28(2)29(3)51(48)42-4/h7,10,12-13,15-18,21,28-29,32-33,36,42,46-47H,6,8-9,11,14,19-20,22-27H2,1-5H3/b16-7+. The van der Waals surface area contributed by atoms with Gasteiger partial charge in [0.05, 0.1) is 36.5 Å². The first-order valence-corrected chi connectivity index (χ1v) is 20.1. The number of likely N-dealkylation sites (tertiary alicyclic amines) is 1. The molecule has 0 bridgehead atoms. The van der Waals surface area contributed by atoms with Gasteiger partial charge in [0.25, 0.3) is 0 Å². The molecule has 2 aromatic rings. The number of halogens is 1. The summed E-state index contributed by atoms with van der Waals surface area (Å²) in [6.45, 7) is 10.2. The monoisotopic (exact) mass is 743 g/mol. The first kappa shape index (κ1) is 39.9. The van der Waals surface area contributed by atoms with E-state index in [4.69, 9.17) is 21.1 Å². The number of fused-ring (bicyclic) bond motifs is 1. The van der Waals surface area contributed by atoms with Crippen LogP contribution in [0.5, 0.6) is 5.75 Å². The minimum absolute atomic E-state index is 0.00818. The van der Waals surface area contributed by atoms with Crippen molar-refractivity contribution in [2.45, 2.75) is 69.6 Å². The number of aryl methyl sites for hydroxylation is 1. The lowest BCUT2D eigenvalue weighted by atomic mass is 9.63. The summed E-state index contributed by atoms with van der Waals surface area (Å²) in [5, 5.41) is 20.8. The zero-order chi connectivity index (χ0) is 36.8. The van der Waals surface area contributed by atoms with Gasteiger partial charge in [-0.05, 0) is 98.9 Å². The Bertz CT molecular complexity index is 1530. The van der Waals surface area contributed by atoms with Crippen LogP contribution in [0.4, 0.5) is 5.69 Å². The van der Waals surface area contributed by atoms with Crippen LogP contribution < -0.4 is 14.4 Å². The molecule has 1 saturated carbocycles. The fourth-order valence-corrected chi connectivity index (χ4v) is 9.48. The highest BCUT2D eigenvalue weighted by atomic mass is 35.5. The summed E-state index contributed by atoms with van der Waals surface area (Å²) < 4.78 is 28.4. The molecular formula is C40H58ClN3O6S. The number of ether oxygens (including phenoxy) is 2. The first-order valence-electron chi connectivity index (χ1n) is 18.5. The smallest absolute Gasteiger partial charge is 0.150 e. The van der Waals surface area contributed by atoms with Crippen molar-refractivity contribution in [1.82, 2.24) is 9.62 Å². The van der Waals surface area contributed by atoms with E-state index in [1.54, 1.807) is 14.2 Å². The Morgan fingerprint density at radius 1 is 1.18 bits per heavy atom. The van der Waals surface area contributed by atoms with E-state index < -0.39 is 22.0 Å². The summed E-state index contributed by atoms with van der Waals surface area (Å²) in [5.74, 6) is 1.61. The lowest BCUT2D eigenvalue weighted by Gasteiger charge is -2.55. The number of carbonyl (C=O) groups excluding carboxylic acids is 1. The van der Waals surface area contributed by atoms with Gasteiger partial charge in [-0.15, -0.1) is 0 Å². The van der Waals surface area contributed by atoms with Gasteiger partial charge in [0.2, 0.25) is 0 Å². The van der Waals surface area contributed by atoms with Gasteiger partial charge in [0.1, 0.15) is 17.6 Å². The molecule has 2 heterocycles. The fourth-order valence-electron chi connectivity index (χ4n) is 8.38. The number of benzene rings is 2. The molecule has 0 amide bonds. The van der Waals surface area contributed by atoms with Crippen LogP contribution in [0.25, 0.3) is 0 Å². The summed E-state index contributed by atoms with van der Waals surface area (Å²) in [6, 6.07) is 11.9. The maximum absolute atomic E-state index is 12.5. The van der Waals surface area contributed by atoms with Gasteiger partial charge in [0, 0.05) is 67.0 Å². The number of anilines is 1. The summed E-state index contributed by atoms with van der Waals surface area (Å²) >= 11 is 6.46. The average molecular weight is 744 g/mol. The van der Waals surface area contributed by atoms with Crippen molar-refractivity contribution in [2.24, 2.45) is 23.2 Å². The predicted octanol–water partition coefficient (Wildman–Crippen LogP) is 5.64. The highest BCUT2D eigenvalue weighted by molar-refractivity contribution is 7.83. The number of carbonyl (C=O) groups is 1. The molecular weight excluding hydrogens is 686 g/mol. The average Bonchev–Trinajstić information content (AvgIpc) is 3.29. The van der Waals surface area contributed by atoms with Gasteiger partial charge in [-0.2, -0.15) is 0 Å². The molecule has 0 aromatic heterocycles. The highest BCUT2D eigenvalue weighted by Crippen LogP contribution is 2.48. The molecule has 2 aliphatic heterocycles. The molecule has 3 N–H and O–H groups in total. The van der Waals surface area contributed by atoms with Gasteiger partial charge in [0.15, 0.2) is 0 Å². The zero-order valence-electron chi connectivity index (χ0n) is 31.0. The van der Waals surface area contributed by atoms with Crippen LogP contribution in [0, 0.1) is 23.2 Å². The molecule has 3 aliphatic rings. The number of rotatable bonds is 18. The van der Waals surface area contributed by atoms with Crippen LogP contribution in [0.2, 0.25) is 5.02 Å². The molecule has 9 nitrogen and oxygen atoms in total. The third-order valence-electron chi connectivity index (χ3n) is 11.8. The normalized spacial score (nSPS) is 24.7. The molecule has 282 valence electrons. The van der Waals surface area contributed by atoms with E-state index in [0.717, 1.165) is 67.9 Å². The number of aliphatic hydroxyl groups is 2. The fraction of sp³-hybridized carbons (Fsp3) is 0.625. The number of nitrogens with one attached hydrogen (secondary N) is 1. The van der Waals surface area contributed by atoms with E-state index in [1.165, 1.54) is 11.1 Å². The van der Waals surface area contributed by atoms with Crippen molar-refractivity contribution in [3.05, 3.63) is 70.3 Å². The lowest BCUT2D eigenvalue weighted by Crippen LogP contribution is -2.65. The van der Waals surface area contributed by atoms with E-state index >= 15 is 0 Å². The highest BCUT2D eigenvalue weighted by Gasteiger charge is 2.51. The Morgan fingerprint density at radius 2 is 1.94 bits per heavy atom. The third kappa shape index (κ3) is 8.91. The number of hydrogen-bond donors (Lipinski definition) is 3. The third-order valence-corrected chi connectivity index (χ3v) is 13.6. The largest absolute Gasteiger partial charge is 0.491 e. The summed E-state index contributed by atoms with van der Waals surface area (Å²) in [7, 11) is 2.41. The van der Waals surface area contributed by atoms with Crippen molar-refractivity contribution in [3.8, 4) is 5.75 Å². The van der Waals surface area contributed by atoms with Crippen LogP contribution in [0.3, 0.4) is 0 Å². The molecule has 0 radical (unpaired) electrons. The van der Waals surface area contributed by atoms with Gasteiger partial charge < -0.3 is 24.6 Å². The maximum atomic E-state index is 12.5. The molecule has 5 rings (SSSR count). The van der Waals surface area contributed by atoms with Crippen LogP contribution in [0.1, 0.15) is 73.9 Å². The van der Waals surface area contributed by atoms with Crippen molar-refractivity contribution in [3.63, 3.8) is 0 Å². The minimum Gasteiger partial charge on any atom is -0.491 e. The Labute approximate surface area is 312 Å². The van der Waals surface area contributed by atoms with Gasteiger partial charge in [-0.25, -0.2) is 8.93 Å². The minimum atomic E-state index is -1.11. The summed E-state index contributed by atoms with van der Waals surface area (Å²) in [5.41, 5.74) is 2.99. The second-order valence-electron chi connectivity index (χ2n) is 15.2. The molecule has 11 heteroatoms. The summed E-state index contributed by atoms with van der Waals surface area (Å²) in [6.07, 6.45) is 10.1. The molecule has 1 saturated heterocycles. The van der Waals surface area contributed by atoms with Crippen LogP contribution in [-0.2, 0) is 22.1 Å². The van der Waals surface area contributed by atoms with E-state index in [9.17, 15) is 19.2 Å². The predicted molar refractivity (Wildman–Crippen MR) is 206 cm³/mol. The molecule has 51 heavy (non-hydrogen) atoms. The Balaban J connectivity index is 1.44. The second-order valence-corrected chi connectivity index (χ2v) is 17.4. The van der Waals surface area contributed by atoms with Crippen LogP contribution in [-0.4, -0.2) is 103 Å². The molecule has 7 unspecified atom stereocenters. The van der Waals surface area contributed by atoms with E-state index in [0.29, 0.717) is 37.7 Å². The molecule has 2 aromatic carbocycles. The van der Waals surface area contributed by atoms with Crippen LogP contribution >= 0.6 is 11.6 Å².